The monoisotopic (exact) mass is 261 g/mol. The number of anilines is 1. The van der Waals surface area contributed by atoms with Crippen LogP contribution < -0.4 is 5.73 Å². The zero-order valence-corrected chi connectivity index (χ0v) is 10.6. The predicted octanol–water partition coefficient (Wildman–Crippen LogP) is 3.76. The minimum absolute atomic E-state index is 0.0139. The van der Waals surface area contributed by atoms with Crippen molar-refractivity contribution in [3.63, 3.8) is 0 Å². The van der Waals surface area contributed by atoms with Crippen LogP contribution in [-0.4, -0.2) is 5.78 Å². The average Bonchev–Trinajstić information content (AvgIpc) is 2.34. The number of nitrogens with two attached hydrogens (primary N) is 1. The summed E-state index contributed by atoms with van der Waals surface area (Å²) in [6.07, 6.45) is 0. The molecule has 18 heavy (non-hydrogen) atoms. The van der Waals surface area contributed by atoms with Gasteiger partial charge in [-0.25, -0.2) is 4.39 Å². The van der Waals surface area contributed by atoms with E-state index in [2.05, 4.69) is 0 Å². The van der Waals surface area contributed by atoms with Gasteiger partial charge in [0.1, 0.15) is 5.82 Å². The van der Waals surface area contributed by atoms with Gasteiger partial charge in [0.15, 0.2) is 5.78 Å². The number of Topliss-reactive ketones (excluding diaryl/α,β-unsaturated/α-hetero) is 1. The van der Waals surface area contributed by atoms with Crippen molar-refractivity contribution >= 4 is 23.2 Å². The highest BCUT2D eigenvalue weighted by Crippen LogP contribution is 2.32. The van der Waals surface area contributed by atoms with E-state index >= 15 is 0 Å². The molecular weight excluding hydrogens is 249 g/mol. The molecule has 0 saturated heterocycles. The van der Waals surface area contributed by atoms with Gasteiger partial charge in [-0.15, -0.1) is 0 Å². The SMILES string of the molecule is CC(=O)c1ccc(Sc2ccc(F)cc2)c(N)c1. The number of halogens is 1. The molecule has 0 aromatic heterocycles. The first-order valence-corrected chi connectivity index (χ1v) is 6.22. The minimum Gasteiger partial charge on any atom is -0.398 e. The van der Waals surface area contributed by atoms with Crippen LogP contribution in [0.15, 0.2) is 52.3 Å². The summed E-state index contributed by atoms with van der Waals surface area (Å²) in [4.78, 5) is 13.0. The fraction of sp³-hybridized carbons (Fsp3) is 0.0714. The van der Waals surface area contributed by atoms with Gasteiger partial charge in [-0.1, -0.05) is 17.8 Å². The van der Waals surface area contributed by atoms with E-state index in [1.165, 1.54) is 30.8 Å². The normalized spacial score (nSPS) is 10.3. The molecule has 0 fully saturated rings. The third kappa shape index (κ3) is 2.90. The Bertz CT molecular complexity index is 581. The van der Waals surface area contributed by atoms with Crippen molar-refractivity contribution in [1.82, 2.24) is 0 Å². The quantitative estimate of drug-likeness (QED) is 0.675. The molecule has 2 rings (SSSR count). The van der Waals surface area contributed by atoms with Crippen LogP contribution in [0, 0.1) is 5.82 Å². The number of ketones is 1. The largest absolute Gasteiger partial charge is 0.398 e. The van der Waals surface area contributed by atoms with E-state index in [0.29, 0.717) is 11.3 Å². The lowest BCUT2D eigenvalue weighted by Gasteiger charge is -2.06. The van der Waals surface area contributed by atoms with Crippen molar-refractivity contribution in [2.45, 2.75) is 16.7 Å². The van der Waals surface area contributed by atoms with Crippen molar-refractivity contribution in [3.05, 3.63) is 53.8 Å². The molecule has 0 unspecified atom stereocenters. The smallest absolute Gasteiger partial charge is 0.159 e. The maximum atomic E-state index is 12.8. The van der Waals surface area contributed by atoms with Gasteiger partial charge in [0, 0.05) is 21.0 Å². The summed E-state index contributed by atoms with van der Waals surface area (Å²) in [6, 6.07) is 11.4. The van der Waals surface area contributed by atoms with E-state index in [-0.39, 0.29) is 11.6 Å². The molecule has 0 aliphatic rings. The second kappa shape index (κ2) is 5.23. The first kappa shape index (κ1) is 12.6. The number of benzene rings is 2. The molecule has 0 heterocycles. The molecule has 2 nitrogen and oxygen atoms in total. The summed E-state index contributed by atoms with van der Waals surface area (Å²) in [7, 11) is 0. The third-order valence-corrected chi connectivity index (χ3v) is 3.56. The zero-order chi connectivity index (χ0) is 13.1. The summed E-state index contributed by atoms with van der Waals surface area (Å²) >= 11 is 1.44. The van der Waals surface area contributed by atoms with Crippen molar-refractivity contribution in [3.8, 4) is 0 Å². The fourth-order valence-corrected chi connectivity index (χ4v) is 2.33. The molecule has 2 aromatic rings. The van der Waals surface area contributed by atoms with Crippen LogP contribution in [0.25, 0.3) is 0 Å². The first-order chi connectivity index (χ1) is 8.56. The highest BCUT2D eigenvalue weighted by molar-refractivity contribution is 7.99. The molecule has 0 amide bonds. The highest BCUT2D eigenvalue weighted by Gasteiger charge is 2.06. The van der Waals surface area contributed by atoms with E-state index in [9.17, 15) is 9.18 Å². The number of carbonyl (C=O) groups excluding carboxylic acids is 1. The van der Waals surface area contributed by atoms with Crippen LogP contribution >= 0.6 is 11.8 Å². The summed E-state index contributed by atoms with van der Waals surface area (Å²) in [5, 5.41) is 0. The zero-order valence-electron chi connectivity index (χ0n) is 9.81. The Balaban J connectivity index is 2.24. The van der Waals surface area contributed by atoms with Crippen LogP contribution in [0.5, 0.6) is 0 Å². The average molecular weight is 261 g/mol. The van der Waals surface area contributed by atoms with E-state index in [1.54, 1.807) is 30.3 Å². The number of hydrogen-bond donors (Lipinski definition) is 1. The molecule has 0 aliphatic heterocycles. The number of rotatable bonds is 3. The van der Waals surface area contributed by atoms with Crippen molar-refractivity contribution in [2.24, 2.45) is 0 Å². The van der Waals surface area contributed by atoms with E-state index in [1.807, 2.05) is 0 Å². The fourth-order valence-electron chi connectivity index (χ4n) is 1.49. The molecule has 0 bridgehead atoms. The molecule has 92 valence electrons. The van der Waals surface area contributed by atoms with Gasteiger partial charge in [0.25, 0.3) is 0 Å². The maximum absolute atomic E-state index is 12.8. The Labute approximate surface area is 109 Å². The van der Waals surface area contributed by atoms with Crippen molar-refractivity contribution < 1.29 is 9.18 Å². The Hall–Kier alpha value is -1.81. The molecule has 0 spiro atoms. The van der Waals surface area contributed by atoms with E-state index in [0.717, 1.165) is 9.79 Å². The number of hydrogen-bond acceptors (Lipinski definition) is 3. The van der Waals surface area contributed by atoms with Gasteiger partial charge in [-0.3, -0.25) is 4.79 Å². The molecule has 4 heteroatoms. The van der Waals surface area contributed by atoms with Gasteiger partial charge < -0.3 is 5.73 Å². The van der Waals surface area contributed by atoms with Crippen molar-refractivity contribution in [1.29, 1.82) is 0 Å². The Morgan fingerprint density at radius 2 is 1.83 bits per heavy atom. The van der Waals surface area contributed by atoms with Gasteiger partial charge in [-0.05, 0) is 43.3 Å². The lowest BCUT2D eigenvalue weighted by Crippen LogP contribution is -1.95. The Morgan fingerprint density at radius 3 is 2.39 bits per heavy atom. The highest BCUT2D eigenvalue weighted by atomic mass is 32.2. The van der Waals surface area contributed by atoms with Crippen LogP contribution in [0.4, 0.5) is 10.1 Å². The van der Waals surface area contributed by atoms with Crippen LogP contribution in [-0.2, 0) is 0 Å². The first-order valence-electron chi connectivity index (χ1n) is 5.40. The number of carbonyl (C=O) groups is 1. The maximum Gasteiger partial charge on any atom is 0.159 e. The van der Waals surface area contributed by atoms with E-state index in [4.69, 9.17) is 5.73 Å². The summed E-state index contributed by atoms with van der Waals surface area (Å²) in [6.45, 7) is 1.50. The molecule has 2 aromatic carbocycles. The van der Waals surface area contributed by atoms with E-state index < -0.39 is 0 Å². The minimum atomic E-state index is -0.265. The third-order valence-electron chi connectivity index (χ3n) is 2.46. The molecule has 2 N–H and O–H groups in total. The molecule has 0 atom stereocenters. The Kier molecular flexibility index (Phi) is 3.67. The molecular formula is C14H12FNOS. The molecule has 0 radical (unpaired) electrons. The topological polar surface area (TPSA) is 43.1 Å². The van der Waals surface area contributed by atoms with Crippen LogP contribution in [0.1, 0.15) is 17.3 Å². The standard InChI is InChI=1S/C14H12FNOS/c1-9(17)10-2-7-14(13(16)8-10)18-12-5-3-11(15)4-6-12/h2-8H,16H2,1H3. The van der Waals surface area contributed by atoms with Gasteiger partial charge in [-0.2, -0.15) is 0 Å². The van der Waals surface area contributed by atoms with Gasteiger partial charge >= 0.3 is 0 Å². The second-order valence-electron chi connectivity index (χ2n) is 3.86. The summed E-state index contributed by atoms with van der Waals surface area (Å²) in [5.74, 6) is -0.278. The predicted molar refractivity (Wildman–Crippen MR) is 71.4 cm³/mol. The van der Waals surface area contributed by atoms with Crippen LogP contribution in [0.2, 0.25) is 0 Å². The van der Waals surface area contributed by atoms with Gasteiger partial charge in [0.2, 0.25) is 0 Å². The number of nitrogen functional groups attached to an aromatic ring is 1. The van der Waals surface area contributed by atoms with Gasteiger partial charge in [0.05, 0.1) is 0 Å². The van der Waals surface area contributed by atoms with Crippen molar-refractivity contribution in [2.75, 3.05) is 5.73 Å². The molecule has 0 aliphatic carbocycles. The molecule has 0 saturated carbocycles. The lowest BCUT2D eigenvalue weighted by molar-refractivity contribution is 0.101. The summed E-state index contributed by atoms with van der Waals surface area (Å²) in [5.41, 5.74) is 7.04. The van der Waals surface area contributed by atoms with Crippen LogP contribution in [0.3, 0.4) is 0 Å². The lowest BCUT2D eigenvalue weighted by atomic mass is 10.1. The second-order valence-corrected chi connectivity index (χ2v) is 4.98. The summed E-state index contributed by atoms with van der Waals surface area (Å²) < 4.78 is 12.8. The Morgan fingerprint density at radius 1 is 1.17 bits per heavy atom.